The number of H-pyrrole nitrogens is 1. The lowest BCUT2D eigenvalue weighted by Gasteiger charge is -2.07. The zero-order valence-corrected chi connectivity index (χ0v) is 12.6. The second kappa shape index (κ2) is 6.44. The number of benzene rings is 1. The molecule has 22 heavy (non-hydrogen) atoms. The summed E-state index contributed by atoms with van der Waals surface area (Å²) in [6, 6.07) is 7.93. The molecule has 6 heteroatoms. The van der Waals surface area contributed by atoms with E-state index in [1.54, 1.807) is 20.5 Å². The number of hydrogen-bond acceptors (Lipinski definition) is 5. The first-order chi connectivity index (χ1) is 10.8. The van der Waals surface area contributed by atoms with E-state index in [1.165, 1.54) is 0 Å². The van der Waals surface area contributed by atoms with E-state index in [9.17, 15) is 0 Å². The molecule has 0 aliphatic carbocycles. The molecule has 0 spiro atoms. The van der Waals surface area contributed by atoms with Crippen molar-refractivity contribution in [3.8, 4) is 5.75 Å². The van der Waals surface area contributed by atoms with Crippen molar-refractivity contribution < 1.29 is 9.47 Å². The van der Waals surface area contributed by atoms with E-state index in [-0.39, 0.29) is 0 Å². The van der Waals surface area contributed by atoms with Gasteiger partial charge in [-0.15, -0.1) is 0 Å². The highest BCUT2D eigenvalue weighted by atomic mass is 16.5. The van der Waals surface area contributed by atoms with Gasteiger partial charge in [0.15, 0.2) is 5.82 Å². The maximum atomic E-state index is 5.17. The number of methoxy groups -OCH3 is 2. The third kappa shape index (κ3) is 2.87. The molecule has 0 unspecified atom stereocenters. The number of hydrogen-bond donors (Lipinski definition) is 2. The van der Waals surface area contributed by atoms with Gasteiger partial charge in [0.05, 0.1) is 19.2 Å². The second-order valence-electron chi connectivity index (χ2n) is 4.89. The molecule has 0 radical (unpaired) electrons. The predicted molar refractivity (Wildman–Crippen MR) is 84.9 cm³/mol. The minimum absolute atomic E-state index is 0.523. The van der Waals surface area contributed by atoms with Gasteiger partial charge in [0.25, 0.3) is 0 Å². The molecule has 0 fully saturated rings. The molecule has 3 aromatic rings. The van der Waals surface area contributed by atoms with Crippen molar-refractivity contribution in [1.29, 1.82) is 0 Å². The Morgan fingerprint density at radius 1 is 1.14 bits per heavy atom. The first-order valence-electron chi connectivity index (χ1n) is 6.98. The highest BCUT2D eigenvalue weighted by Gasteiger charge is 2.09. The topological polar surface area (TPSA) is 72.1 Å². The summed E-state index contributed by atoms with van der Waals surface area (Å²) in [6.07, 6.45) is 3.47. The van der Waals surface area contributed by atoms with Gasteiger partial charge in [0.1, 0.15) is 17.6 Å². The van der Waals surface area contributed by atoms with Crippen LogP contribution < -0.4 is 10.1 Å². The summed E-state index contributed by atoms with van der Waals surface area (Å²) in [5, 5.41) is 3.33. The first-order valence-corrected chi connectivity index (χ1v) is 6.98. The van der Waals surface area contributed by atoms with Crippen molar-refractivity contribution in [2.24, 2.45) is 0 Å². The Morgan fingerprint density at radius 3 is 2.68 bits per heavy atom. The smallest absolute Gasteiger partial charge is 0.154 e. The summed E-state index contributed by atoms with van der Waals surface area (Å²) in [4.78, 5) is 11.8. The summed E-state index contributed by atoms with van der Waals surface area (Å²) >= 11 is 0. The van der Waals surface area contributed by atoms with Gasteiger partial charge >= 0.3 is 0 Å². The minimum atomic E-state index is 0.523. The molecule has 2 N–H and O–H groups in total. The Balaban J connectivity index is 1.78. The van der Waals surface area contributed by atoms with Crippen LogP contribution in [-0.4, -0.2) is 29.2 Å². The van der Waals surface area contributed by atoms with E-state index in [0.717, 1.165) is 33.7 Å². The third-order valence-electron chi connectivity index (χ3n) is 3.46. The lowest BCUT2D eigenvalue weighted by molar-refractivity contribution is 0.186. The maximum absolute atomic E-state index is 5.17. The zero-order chi connectivity index (χ0) is 15.4. The molecule has 3 rings (SSSR count). The van der Waals surface area contributed by atoms with Gasteiger partial charge < -0.3 is 19.8 Å². The molecule has 2 aromatic heterocycles. The summed E-state index contributed by atoms with van der Waals surface area (Å²) in [7, 11) is 3.33. The van der Waals surface area contributed by atoms with Crippen LogP contribution in [0.25, 0.3) is 11.0 Å². The summed E-state index contributed by atoms with van der Waals surface area (Å²) in [5.41, 5.74) is 3.95. The number of aromatic amines is 1. The highest BCUT2D eigenvalue weighted by molar-refractivity contribution is 5.87. The van der Waals surface area contributed by atoms with Crippen molar-refractivity contribution in [3.05, 3.63) is 47.9 Å². The van der Waals surface area contributed by atoms with Crippen molar-refractivity contribution in [3.63, 3.8) is 0 Å². The highest BCUT2D eigenvalue weighted by Crippen LogP contribution is 2.22. The molecule has 1 aromatic carbocycles. The van der Waals surface area contributed by atoms with E-state index >= 15 is 0 Å². The molecule has 0 aliphatic rings. The molecule has 0 atom stereocenters. The van der Waals surface area contributed by atoms with Crippen LogP contribution in [0, 0.1) is 0 Å². The molecule has 0 saturated heterocycles. The van der Waals surface area contributed by atoms with Gasteiger partial charge in [-0.05, 0) is 17.7 Å². The molecular weight excluding hydrogens is 280 g/mol. The van der Waals surface area contributed by atoms with E-state index in [4.69, 9.17) is 9.47 Å². The molecule has 0 aliphatic heterocycles. The molecule has 6 nitrogen and oxygen atoms in total. The number of anilines is 1. The second-order valence-corrected chi connectivity index (χ2v) is 4.89. The average molecular weight is 298 g/mol. The van der Waals surface area contributed by atoms with Crippen LogP contribution in [0.4, 0.5) is 5.82 Å². The Kier molecular flexibility index (Phi) is 4.20. The van der Waals surface area contributed by atoms with Crippen molar-refractivity contribution >= 4 is 16.9 Å². The van der Waals surface area contributed by atoms with Crippen molar-refractivity contribution in [2.45, 2.75) is 13.2 Å². The van der Waals surface area contributed by atoms with Crippen LogP contribution in [0.3, 0.4) is 0 Å². The van der Waals surface area contributed by atoms with Gasteiger partial charge in [0.2, 0.25) is 0 Å². The molecule has 114 valence electrons. The predicted octanol–water partition coefficient (Wildman–Crippen LogP) is 2.73. The Hall–Kier alpha value is -2.60. The number of fused-ring (bicyclic) bond motifs is 1. The first kappa shape index (κ1) is 14.3. The fourth-order valence-corrected chi connectivity index (χ4v) is 2.32. The quantitative estimate of drug-likeness (QED) is 0.732. The third-order valence-corrected chi connectivity index (χ3v) is 3.46. The summed E-state index contributed by atoms with van der Waals surface area (Å²) in [5.74, 6) is 1.63. The van der Waals surface area contributed by atoms with Crippen molar-refractivity contribution in [1.82, 2.24) is 15.0 Å². The van der Waals surface area contributed by atoms with Gasteiger partial charge in [-0.2, -0.15) is 0 Å². The monoisotopic (exact) mass is 298 g/mol. The van der Waals surface area contributed by atoms with Crippen LogP contribution in [0.2, 0.25) is 0 Å². The van der Waals surface area contributed by atoms with E-state index < -0.39 is 0 Å². The Bertz CT molecular complexity index is 752. The van der Waals surface area contributed by atoms with E-state index in [0.29, 0.717) is 13.2 Å². The summed E-state index contributed by atoms with van der Waals surface area (Å²) in [6.45, 7) is 1.20. The molecule has 0 saturated carbocycles. The molecule has 0 bridgehead atoms. The summed E-state index contributed by atoms with van der Waals surface area (Å²) < 4.78 is 10.3. The Morgan fingerprint density at radius 2 is 1.95 bits per heavy atom. The average Bonchev–Trinajstić information content (AvgIpc) is 2.97. The standard InChI is InChI=1S/C16H18N4O2/c1-21-9-12-8-17-15-14(12)19-10-20-16(15)18-7-11-3-5-13(22-2)6-4-11/h3-6,8,10,17H,7,9H2,1-2H3,(H,18,19,20). The number of aromatic nitrogens is 3. The fourth-order valence-electron chi connectivity index (χ4n) is 2.32. The molecule has 0 amide bonds. The normalized spacial score (nSPS) is 10.8. The largest absolute Gasteiger partial charge is 0.497 e. The van der Waals surface area contributed by atoms with Crippen LogP contribution >= 0.6 is 0 Å². The molecule has 2 heterocycles. The number of nitrogens with zero attached hydrogens (tertiary/aromatic N) is 2. The van der Waals surface area contributed by atoms with Gasteiger partial charge in [-0.25, -0.2) is 9.97 Å². The van der Waals surface area contributed by atoms with Crippen molar-refractivity contribution in [2.75, 3.05) is 19.5 Å². The van der Waals surface area contributed by atoms with E-state index in [2.05, 4.69) is 20.3 Å². The van der Waals surface area contributed by atoms with Gasteiger partial charge in [0, 0.05) is 25.4 Å². The SMILES string of the molecule is COCc1c[nH]c2c(NCc3ccc(OC)cc3)ncnc12. The number of nitrogens with one attached hydrogen (secondary N) is 2. The van der Waals surface area contributed by atoms with Crippen LogP contribution in [-0.2, 0) is 17.9 Å². The lowest BCUT2D eigenvalue weighted by Crippen LogP contribution is -2.02. The number of ether oxygens (including phenoxy) is 2. The zero-order valence-electron chi connectivity index (χ0n) is 12.6. The maximum Gasteiger partial charge on any atom is 0.154 e. The van der Waals surface area contributed by atoms with Crippen LogP contribution in [0.5, 0.6) is 5.75 Å². The minimum Gasteiger partial charge on any atom is -0.497 e. The van der Waals surface area contributed by atoms with Gasteiger partial charge in [-0.1, -0.05) is 12.1 Å². The lowest BCUT2D eigenvalue weighted by atomic mass is 10.2. The van der Waals surface area contributed by atoms with Crippen LogP contribution in [0.1, 0.15) is 11.1 Å². The Labute approximate surface area is 128 Å². The molecular formula is C16H18N4O2. The van der Waals surface area contributed by atoms with E-state index in [1.807, 2.05) is 30.5 Å². The van der Waals surface area contributed by atoms with Crippen LogP contribution in [0.15, 0.2) is 36.8 Å². The van der Waals surface area contributed by atoms with Gasteiger partial charge in [-0.3, -0.25) is 0 Å². The fraction of sp³-hybridized carbons (Fsp3) is 0.250. The number of rotatable bonds is 6.